The Hall–Kier alpha value is -1.22. The van der Waals surface area contributed by atoms with Gasteiger partial charge in [0.2, 0.25) is 0 Å². The molecule has 2 heterocycles. The molecule has 2 N–H and O–H groups in total. The first-order chi connectivity index (χ1) is 9.40. The second-order valence-corrected chi connectivity index (χ2v) is 7.17. The molecule has 0 bridgehead atoms. The van der Waals surface area contributed by atoms with Crippen LogP contribution in [-0.2, 0) is 10.0 Å². The summed E-state index contributed by atoms with van der Waals surface area (Å²) in [5.74, 6) is 0. The van der Waals surface area contributed by atoms with E-state index in [-0.39, 0.29) is 17.6 Å². The second kappa shape index (κ2) is 6.04. The topological polar surface area (TPSA) is 84.2 Å². The van der Waals surface area contributed by atoms with Gasteiger partial charge in [0.15, 0.2) is 5.03 Å². The monoisotopic (exact) mass is 315 g/mol. The first-order valence-electron chi connectivity index (χ1n) is 6.13. The maximum absolute atomic E-state index is 12.0. The number of aromatic nitrogens is 2. The van der Waals surface area contributed by atoms with Crippen molar-refractivity contribution in [3.05, 3.63) is 34.9 Å². The lowest BCUT2D eigenvalue weighted by atomic mass is 10.2. The first-order valence-corrected chi connectivity index (χ1v) is 8.56. The molecule has 0 aliphatic rings. The van der Waals surface area contributed by atoms with Crippen LogP contribution >= 0.6 is 11.3 Å². The van der Waals surface area contributed by atoms with E-state index in [1.165, 1.54) is 23.9 Å². The first kappa shape index (κ1) is 15.2. The van der Waals surface area contributed by atoms with Gasteiger partial charge in [-0.25, -0.2) is 18.1 Å². The fourth-order valence-corrected chi connectivity index (χ4v) is 3.26. The van der Waals surface area contributed by atoms with Gasteiger partial charge in [-0.2, -0.15) is 11.3 Å². The van der Waals surface area contributed by atoms with Crippen LogP contribution in [0.15, 0.2) is 34.4 Å². The molecule has 0 spiro atoms. The predicted octanol–water partition coefficient (Wildman–Crippen LogP) is 1.54. The Morgan fingerprint density at radius 2 is 2.25 bits per heavy atom. The van der Waals surface area contributed by atoms with Gasteiger partial charge in [0, 0.05) is 18.8 Å². The van der Waals surface area contributed by atoms with Gasteiger partial charge >= 0.3 is 0 Å². The van der Waals surface area contributed by atoms with Crippen LogP contribution in [0.4, 0.5) is 0 Å². The summed E-state index contributed by atoms with van der Waals surface area (Å²) in [6.45, 7) is 3.80. The number of hydrogen-bond acceptors (Lipinski definition) is 5. The fraction of sp³-hybridized carbons (Fsp3) is 0.417. The Balaban J connectivity index is 2.03. The van der Waals surface area contributed by atoms with Gasteiger partial charge < -0.3 is 9.67 Å². The number of sulfonamides is 1. The maximum Gasteiger partial charge on any atom is 0.259 e. The maximum atomic E-state index is 12.0. The number of nitrogens with one attached hydrogen (secondary N) is 1. The zero-order chi connectivity index (χ0) is 14.8. The summed E-state index contributed by atoms with van der Waals surface area (Å²) in [7, 11) is -3.70. The Morgan fingerprint density at radius 3 is 2.80 bits per heavy atom. The lowest BCUT2D eigenvalue weighted by Gasteiger charge is -2.10. The number of aliphatic hydroxyl groups is 1. The van der Waals surface area contributed by atoms with Gasteiger partial charge in [0.05, 0.1) is 12.4 Å². The SMILES string of the molecule is CC(C)n1cnc(S(=O)(=O)NCC(O)c2ccsc2)c1. The van der Waals surface area contributed by atoms with Gasteiger partial charge in [-0.05, 0) is 36.2 Å². The van der Waals surface area contributed by atoms with Crippen LogP contribution in [0.1, 0.15) is 31.6 Å². The van der Waals surface area contributed by atoms with Gasteiger partial charge in [0.1, 0.15) is 0 Å². The van der Waals surface area contributed by atoms with Crippen molar-refractivity contribution < 1.29 is 13.5 Å². The summed E-state index contributed by atoms with van der Waals surface area (Å²) >= 11 is 1.45. The summed E-state index contributed by atoms with van der Waals surface area (Å²) in [5, 5.41) is 13.4. The largest absolute Gasteiger partial charge is 0.387 e. The quantitative estimate of drug-likeness (QED) is 0.847. The van der Waals surface area contributed by atoms with E-state index in [0.717, 1.165) is 0 Å². The summed E-state index contributed by atoms with van der Waals surface area (Å²) in [6, 6.07) is 1.90. The minimum absolute atomic E-state index is 0.0382. The summed E-state index contributed by atoms with van der Waals surface area (Å²) < 4.78 is 28.2. The highest BCUT2D eigenvalue weighted by atomic mass is 32.2. The van der Waals surface area contributed by atoms with Crippen LogP contribution in [0.2, 0.25) is 0 Å². The second-order valence-electron chi connectivity index (χ2n) is 4.68. The molecule has 0 saturated heterocycles. The van der Waals surface area contributed by atoms with E-state index in [1.54, 1.807) is 16.0 Å². The van der Waals surface area contributed by atoms with Gasteiger partial charge in [0.25, 0.3) is 10.0 Å². The molecule has 0 aliphatic heterocycles. The lowest BCUT2D eigenvalue weighted by Crippen LogP contribution is -2.28. The van der Waals surface area contributed by atoms with E-state index >= 15 is 0 Å². The van der Waals surface area contributed by atoms with E-state index in [1.807, 2.05) is 19.2 Å². The van der Waals surface area contributed by atoms with Crippen molar-refractivity contribution in [2.24, 2.45) is 0 Å². The molecule has 20 heavy (non-hydrogen) atoms. The Labute approximate surface area is 122 Å². The third-order valence-electron chi connectivity index (χ3n) is 2.84. The Bertz CT molecular complexity index is 647. The van der Waals surface area contributed by atoms with E-state index in [2.05, 4.69) is 9.71 Å². The van der Waals surface area contributed by atoms with Crippen LogP contribution in [0.5, 0.6) is 0 Å². The van der Waals surface area contributed by atoms with Crippen LogP contribution in [0.3, 0.4) is 0 Å². The molecule has 0 amide bonds. The van der Waals surface area contributed by atoms with E-state index in [9.17, 15) is 13.5 Å². The molecule has 0 radical (unpaired) electrons. The Morgan fingerprint density at radius 1 is 1.50 bits per heavy atom. The highest BCUT2D eigenvalue weighted by Crippen LogP contribution is 2.16. The third-order valence-corrected chi connectivity index (χ3v) is 4.85. The lowest BCUT2D eigenvalue weighted by molar-refractivity contribution is 0.182. The summed E-state index contributed by atoms with van der Waals surface area (Å²) in [5.41, 5.74) is 0.699. The van der Waals surface area contributed by atoms with Crippen molar-refractivity contribution in [1.82, 2.24) is 14.3 Å². The number of rotatable bonds is 6. The molecule has 110 valence electrons. The Kier molecular flexibility index (Phi) is 4.59. The van der Waals surface area contributed by atoms with Crippen LogP contribution in [0.25, 0.3) is 0 Å². The highest BCUT2D eigenvalue weighted by molar-refractivity contribution is 7.89. The van der Waals surface area contributed by atoms with Crippen LogP contribution in [0, 0.1) is 0 Å². The number of aliphatic hydroxyl groups excluding tert-OH is 1. The van der Waals surface area contributed by atoms with E-state index < -0.39 is 16.1 Å². The van der Waals surface area contributed by atoms with Crippen molar-refractivity contribution in [3.8, 4) is 0 Å². The molecule has 0 saturated carbocycles. The average Bonchev–Trinajstić information content (AvgIpc) is 3.06. The molecule has 0 aliphatic carbocycles. The minimum atomic E-state index is -3.70. The van der Waals surface area contributed by atoms with Crippen molar-refractivity contribution in [2.45, 2.75) is 31.0 Å². The predicted molar refractivity (Wildman–Crippen MR) is 77.1 cm³/mol. The molecule has 2 aromatic rings. The molecule has 8 heteroatoms. The fourth-order valence-electron chi connectivity index (χ4n) is 1.58. The molecule has 6 nitrogen and oxygen atoms in total. The van der Waals surface area contributed by atoms with Crippen molar-refractivity contribution in [3.63, 3.8) is 0 Å². The molecular formula is C12H17N3O3S2. The molecule has 0 fully saturated rings. The third kappa shape index (κ3) is 3.45. The molecule has 1 unspecified atom stereocenters. The van der Waals surface area contributed by atoms with Crippen LogP contribution < -0.4 is 4.72 Å². The standard InChI is InChI=1S/C12H17N3O3S2/c1-9(2)15-6-12(13-8-15)20(17,18)14-5-11(16)10-3-4-19-7-10/h3-4,6-9,11,14,16H,5H2,1-2H3. The van der Waals surface area contributed by atoms with Gasteiger partial charge in [-0.15, -0.1) is 0 Å². The zero-order valence-corrected chi connectivity index (χ0v) is 12.9. The minimum Gasteiger partial charge on any atom is -0.387 e. The number of nitrogens with zero attached hydrogens (tertiary/aromatic N) is 2. The summed E-state index contributed by atoms with van der Waals surface area (Å²) in [6.07, 6.45) is 2.10. The highest BCUT2D eigenvalue weighted by Gasteiger charge is 2.19. The van der Waals surface area contributed by atoms with Gasteiger partial charge in [-0.3, -0.25) is 0 Å². The van der Waals surface area contributed by atoms with E-state index in [4.69, 9.17) is 0 Å². The molecule has 1 atom stereocenters. The molecule has 2 aromatic heterocycles. The zero-order valence-electron chi connectivity index (χ0n) is 11.2. The van der Waals surface area contributed by atoms with Crippen molar-refractivity contribution in [2.75, 3.05) is 6.54 Å². The normalized spacial score (nSPS) is 13.8. The molecule has 2 rings (SSSR count). The van der Waals surface area contributed by atoms with Gasteiger partial charge in [-0.1, -0.05) is 0 Å². The van der Waals surface area contributed by atoms with Crippen molar-refractivity contribution >= 4 is 21.4 Å². The molecular weight excluding hydrogens is 298 g/mol. The average molecular weight is 315 g/mol. The van der Waals surface area contributed by atoms with E-state index in [0.29, 0.717) is 5.56 Å². The number of thiophene rings is 1. The van der Waals surface area contributed by atoms with Crippen LogP contribution in [-0.4, -0.2) is 29.6 Å². The summed E-state index contributed by atoms with van der Waals surface area (Å²) in [4.78, 5) is 3.88. The number of hydrogen-bond donors (Lipinski definition) is 2. The smallest absolute Gasteiger partial charge is 0.259 e. The number of imidazole rings is 1. The molecule has 0 aromatic carbocycles. The van der Waals surface area contributed by atoms with Crippen molar-refractivity contribution in [1.29, 1.82) is 0 Å².